The van der Waals surface area contributed by atoms with E-state index in [1.165, 1.54) is 0 Å². The zero-order chi connectivity index (χ0) is 17.7. The van der Waals surface area contributed by atoms with Crippen LogP contribution in [0.4, 0.5) is 51.8 Å². The van der Waals surface area contributed by atoms with E-state index in [0.717, 1.165) is 0 Å². The summed E-state index contributed by atoms with van der Waals surface area (Å²) in [7, 11) is -18.0. The number of benzene rings is 1. The minimum Gasteiger partial charge on any atom is -1.00 e. The van der Waals surface area contributed by atoms with Gasteiger partial charge in [-0.2, -0.15) is 0 Å². The molecule has 16 heteroatoms. The molecule has 22 heavy (non-hydrogen) atoms. The molecule has 1 aromatic rings. The number of hydrogen-bond acceptors (Lipinski definition) is 0. The van der Waals surface area contributed by atoms with Gasteiger partial charge in [-0.15, -0.1) is 0 Å². The van der Waals surface area contributed by atoms with Gasteiger partial charge in [0.2, 0.25) is 0 Å². The molecule has 0 spiro atoms. The van der Waals surface area contributed by atoms with Crippen molar-refractivity contribution >= 4 is 21.8 Å². The monoisotopic (exact) mass is 379 g/mol. The van der Waals surface area contributed by atoms with Gasteiger partial charge in [0, 0.05) is 0 Å². The van der Waals surface area contributed by atoms with Crippen molar-refractivity contribution in [1.82, 2.24) is 0 Å². The second-order valence-corrected chi connectivity index (χ2v) is 2.64. The summed E-state index contributed by atoms with van der Waals surface area (Å²) in [6.07, 6.45) is 0. The third-order valence-corrected chi connectivity index (χ3v) is 0.667. The van der Waals surface area contributed by atoms with Crippen LogP contribution in [0.3, 0.4) is 0 Å². The van der Waals surface area contributed by atoms with E-state index in [9.17, 15) is 51.8 Å². The Labute approximate surface area is 161 Å². The first kappa shape index (κ1) is 30.1. The number of rotatable bonds is 0. The SMILES string of the molecule is F[B-](F)(F)F.F[B-](F)(F)F.F[B-](F)(F)F.[H-].[K+].c1ccccc1. The zero-order valence-electron chi connectivity index (χ0n) is 11.7. The van der Waals surface area contributed by atoms with Crippen LogP contribution in [0.2, 0.25) is 0 Å². The molecule has 1 rings (SSSR count). The molecule has 0 fully saturated rings. The fourth-order valence-electron chi connectivity index (χ4n) is 0.385. The average Bonchev–Trinajstić information content (AvgIpc) is 2.12. The second kappa shape index (κ2) is 14.8. The van der Waals surface area contributed by atoms with Crippen molar-refractivity contribution in [2.24, 2.45) is 0 Å². The Kier molecular flexibility index (Phi) is 20.2. The third kappa shape index (κ3) is 193. The van der Waals surface area contributed by atoms with E-state index in [1.54, 1.807) is 0 Å². The topological polar surface area (TPSA) is 0 Å². The van der Waals surface area contributed by atoms with Crippen molar-refractivity contribution in [3.63, 3.8) is 0 Å². The number of halogens is 12. The predicted molar refractivity (Wildman–Crippen MR) is 58.1 cm³/mol. The van der Waals surface area contributed by atoms with Crippen LogP contribution in [-0.4, -0.2) is 21.8 Å². The Morgan fingerprint density at radius 2 is 0.409 bits per heavy atom. The quantitative estimate of drug-likeness (QED) is 0.481. The van der Waals surface area contributed by atoms with Crippen molar-refractivity contribution in [1.29, 1.82) is 0 Å². The van der Waals surface area contributed by atoms with Crippen LogP contribution in [-0.2, 0) is 0 Å². The molecule has 1 aromatic carbocycles. The molecule has 0 bridgehead atoms. The molecule has 0 saturated heterocycles. The largest absolute Gasteiger partial charge is 1.00 e. The van der Waals surface area contributed by atoms with Gasteiger partial charge >= 0.3 is 73.1 Å². The molecule has 0 N–H and O–H groups in total. The van der Waals surface area contributed by atoms with Crippen LogP contribution in [0, 0.1) is 0 Å². The molecule has 0 atom stereocenters. The Morgan fingerprint density at radius 3 is 0.455 bits per heavy atom. The fraction of sp³-hybridized carbons (Fsp3) is 0. The smallest absolute Gasteiger partial charge is 1.00 e. The van der Waals surface area contributed by atoms with E-state index < -0.39 is 21.8 Å². The second-order valence-electron chi connectivity index (χ2n) is 2.64. The summed E-state index contributed by atoms with van der Waals surface area (Å²) in [5.74, 6) is 0. The molecule has 0 aliphatic heterocycles. The van der Waals surface area contributed by atoms with Crippen molar-refractivity contribution in [3.8, 4) is 0 Å². The number of hydrogen-bond donors (Lipinski definition) is 0. The van der Waals surface area contributed by atoms with Crippen molar-refractivity contribution in [2.45, 2.75) is 0 Å². The van der Waals surface area contributed by atoms with Crippen LogP contribution in [0.1, 0.15) is 1.43 Å². The fourth-order valence-corrected chi connectivity index (χ4v) is 0.385. The van der Waals surface area contributed by atoms with Gasteiger partial charge < -0.3 is 53.2 Å². The Balaban J connectivity index is -0.0000000612. The van der Waals surface area contributed by atoms with Crippen molar-refractivity contribution in [3.05, 3.63) is 36.4 Å². The van der Waals surface area contributed by atoms with Gasteiger partial charge in [-0.25, -0.2) is 0 Å². The van der Waals surface area contributed by atoms with Gasteiger partial charge in [0.15, 0.2) is 0 Å². The minimum absolute atomic E-state index is 0. The van der Waals surface area contributed by atoms with Gasteiger partial charge in [0.1, 0.15) is 0 Å². The zero-order valence-corrected chi connectivity index (χ0v) is 13.9. The van der Waals surface area contributed by atoms with E-state index in [-0.39, 0.29) is 52.8 Å². The summed E-state index contributed by atoms with van der Waals surface area (Å²) >= 11 is 0. The summed E-state index contributed by atoms with van der Waals surface area (Å²) in [5, 5.41) is 0. The third-order valence-electron chi connectivity index (χ3n) is 0.667. The first-order valence-electron chi connectivity index (χ1n) is 4.62. The summed E-state index contributed by atoms with van der Waals surface area (Å²) in [4.78, 5) is 0. The van der Waals surface area contributed by atoms with E-state index in [0.29, 0.717) is 0 Å². The average molecular weight is 379 g/mol. The minimum atomic E-state index is -6.00. The predicted octanol–water partition coefficient (Wildman–Crippen LogP) is 2.70. The molecule has 0 radical (unpaired) electrons. The van der Waals surface area contributed by atoms with Crippen molar-refractivity contribution < 1.29 is 105 Å². The van der Waals surface area contributed by atoms with Crippen LogP contribution in [0.15, 0.2) is 36.4 Å². The summed E-state index contributed by atoms with van der Waals surface area (Å²) in [6.45, 7) is 0. The van der Waals surface area contributed by atoms with Crippen LogP contribution in [0.5, 0.6) is 0 Å². The maximum Gasteiger partial charge on any atom is 1.00 e. The van der Waals surface area contributed by atoms with E-state index in [1.807, 2.05) is 36.4 Å². The molecular formula is C6H7B3F12K-3. The first-order valence-corrected chi connectivity index (χ1v) is 4.62. The van der Waals surface area contributed by atoms with E-state index >= 15 is 0 Å². The van der Waals surface area contributed by atoms with Crippen molar-refractivity contribution in [2.75, 3.05) is 0 Å². The standard InChI is InChI=1S/C6H6.3BF4.K.H/c1-2-4-6-5-3-1;3*2-1(3,4)5;;/h1-6H;;;;;/q;3*-1;+1;-1. The first-order chi connectivity index (χ1) is 9.00. The van der Waals surface area contributed by atoms with E-state index in [4.69, 9.17) is 0 Å². The molecule has 0 nitrogen and oxygen atoms in total. The molecule has 0 aromatic heterocycles. The van der Waals surface area contributed by atoms with Gasteiger partial charge in [0.25, 0.3) is 0 Å². The normalized spacial score (nSPS) is 10.4. The Bertz CT molecular complexity index is 255. The summed E-state index contributed by atoms with van der Waals surface area (Å²) in [5.41, 5.74) is 0. The molecular weight excluding hydrogens is 372 g/mol. The molecule has 0 heterocycles. The molecule has 0 unspecified atom stereocenters. The van der Waals surface area contributed by atoms with Gasteiger partial charge in [-0.1, -0.05) is 36.4 Å². The van der Waals surface area contributed by atoms with Crippen LogP contribution < -0.4 is 51.4 Å². The maximum atomic E-state index is 9.75. The molecule has 0 saturated carbocycles. The Morgan fingerprint density at radius 1 is 0.364 bits per heavy atom. The summed E-state index contributed by atoms with van der Waals surface area (Å²) in [6, 6.07) is 12.0. The van der Waals surface area contributed by atoms with E-state index in [2.05, 4.69) is 0 Å². The maximum absolute atomic E-state index is 9.75. The van der Waals surface area contributed by atoms with Gasteiger partial charge in [-0.3, -0.25) is 0 Å². The van der Waals surface area contributed by atoms with Crippen LogP contribution in [0.25, 0.3) is 0 Å². The molecule has 0 amide bonds. The molecule has 0 aliphatic rings. The van der Waals surface area contributed by atoms with Gasteiger partial charge in [-0.05, 0) is 0 Å². The van der Waals surface area contributed by atoms with Crippen LogP contribution >= 0.6 is 0 Å². The summed E-state index contributed by atoms with van der Waals surface area (Å²) < 4.78 is 117. The van der Waals surface area contributed by atoms with Gasteiger partial charge in [0.05, 0.1) is 0 Å². The Hall–Kier alpha value is 0.211. The molecule has 0 aliphatic carbocycles. The molecule has 128 valence electrons.